The van der Waals surface area contributed by atoms with Crippen LogP contribution in [-0.4, -0.2) is 33.8 Å². The van der Waals surface area contributed by atoms with Gasteiger partial charge < -0.3 is 5.11 Å². The van der Waals surface area contributed by atoms with Gasteiger partial charge in [-0.05, 0) is 54.4 Å². The van der Waals surface area contributed by atoms with Crippen LogP contribution in [0.5, 0.6) is 0 Å². The van der Waals surface area contributed by atoms with Crippen molar-refractivity contribution in [1.29, 1.82) is 0 Å². The van der Waals surface area contributed by atoms with Gasteiger partial charge in [-0.3, -0.25) is 4.89 Å². The molecule has 7 heteroatoms. The van der Waals surface area contributed by atoms with Gasteiger partial charge in [-0.1, -0.05) is 27.7 Å². The van der Waals surface area contributed by atoms with Crippen LogP contribution in [0.3, 0.4) is 0 Å². The first kappa shape index (κ1) is 26.1. The lowest BCUT2D eigenvalue weighted by Gasteiger charge is -2.29. The minimum absolute atomic E-state index is 0.141. The molecule has 0 aromatic carbocycles. The van der Waals surface area contributed by atoms with E-state index in [1.165, 1.54) is 0 Å². The summed E-state index contributed by atoms with van der Waals surface area (Å²) < 4.78 is 0. The summed E-state index contributed by atoms with van der Waals surface area (Å²) >= 11 is 0. The maximum Gasteiger partial charge on any atom is 0.344 e. The van der Waals surface area contributed by atoms with Crippen LogP contribution in [-0.2, 0) is 29.1 Å². The SMILES string of the molecule is CC(C)C(=O)OOC(C)(C)C.CCC(CC)(OOC(C)(C)C)C(=O)O. The monoisotopic (exact) mass is 364 g/mol. The van der Waals surface area contributed by atoms with E-state index in [1.807, 2.05) is 41.5 Å². The van der Waals surface area contributed by atoms with Gasteiger partial charge in [-0.25, -0.2) is 19.4 Å². The van der Waals surface area contributed by atoms with E-state index in [4.69, 9.17) is 19.8 Å². The Kier molecular flexibility index (Phi) is 11.2. The van der Waals surface area contributed by atoms with Gasteiger partial charge in [0.2, 0.25) is 0 Å². The zero-order valence-corrected chi connectivity index (χ0v) is 17.4. The fourth-order valence-electron chi connectivity index (χ4n) is 1.17. The summed E-state index contributed by atoms with van der Waals surface area (Å²) in [4.78, 5) is 41.3. The van der Waals surface area contributed by atoms with E-state index in [-0.39, 0.29) is 11.9 Å². The summed E-state index contributed by atoms with van der Waals surface area (Å²) in [5, 5.41) is 9.02. The molecule has 0 saturated heterocycles. The van der Waals surface area contributed by atoms with Gasteiger partial charge in [0.1, 0.15) is 5.60 Å². The molecular weight excluding hydrogens is 328 g/mol. The predicted molar refractivity (Wildman–Crippen MR) is 94.6 cm³/mol. The highest BCUT2D eigenvalue weighted by Crippen LogP contribution is 2.24. The minimum Gasteiger partial charge on any atom is -0.479 e. The molecule has 0 fully saturated rings. The lowest BCUT2D eigenvalue weighted by atomic mass is 9.98. The Hall–Kier alpha value is -1.18. The van der Waals surface area contributed by atoms with E-state index in [1.54, 1.807) is 27.7 Å². The van der Waals surface area contributed by atoms with Gasteiger partial charge in [-0.15, -0.1) is 0 Å². The van der Waals surface area contributed by atoms with Crippen molar-refractivity contribution in [3.05, 3.63) is 0 Å². The van der Waals surface area contributed by atoms with E-state index in [0.29, 0.717) is 12.8 Å². The molecule has 7 nitrogen and oxygen atoms in total. The Morgan fingerprint density at radius 1 is 0.840 bits per heavy atom. The summed E-state index contributed by atoms with van der Waals surface area (Å²) in [5.41, 5.74) is -2.14. The smallest absolute Gasteiger partial charge is 0.344 e. The van der Waals surface area contributed by atoms with Gasteiger partial charge in [0.05, 0.1) is 11.5 Å². The molecule has 150 valence electrons. The first-order valence-corrected chi connectivity index (χ1v) is 8.60. The zero-order valence-electron chi connectivity index (χ0n) is 17.4. The number of aliphatic carboxylic acids is 1. The highest BCUT2D eigenvalue weighted by Gasteiger charge is 2.39. The molecule has 0 unspecified atom stereocenters. The average molecular weight is 364 g/mol. The first-order chi connectivity index (χ1) is 11.1. The number of rotatable bonds is 7. The molecule has 0 aromatic heterocycles. The second-order valence-corrected chi connectivity index (χ2v) is 8.04. The molecule has 0 saturated carbocycles. The molecule has 0 aliphatic heterocycles. The molecule has 0 radical (unpaired) electrons. The second-order valence-electron chi connectivity index (χ2n) is 8.04. The van der Waals surface area contributed by atoms with Crippen molar-refractivity contribution in [1.82, 2.24) is 0 Å². The van der Waals surface area contributed by atoms with Gasteiger partial charge in [-0.2, -0.15) is 4.89 Å². The van der Waals surface area contributed by atoms with Crippen LogP contribution in [0.15, 0.2) is 0 Å². The third-order valence-electron chi connectivity index (χ3n) is 2.83. The highest BCUT2D eigenvalue weighted by molar-refractivity contribution is 5.77. The summed E-state index contributed by atoms with van der Waals surface area (Å²) in [6.45, 7) is 17.9. The summed E-state index contributed by atoms with van der Waals surface area (Å²) in [5.74, 6) is -1.45. The Labute approximate surface area is 151 Å². The Balaban J connectivity index is 0. The number of carbonyl (C=O) groups excluding carboxylic acids is 1. The Morgan fingerprint density at radius 3 is 1.48 bits per heavy atom. The van der Waals surface area contributed by atoms with E-state index >= 15 is 0 Å². The van der Waals surface area contributed by atoms with Crippen molar-refractivity contribution in [2.75, 3.05) is 0 Å². The number of hydrogen-bond donors (Lipinski definition) is 1. The maximum absolute atomic E-state index is 11.0. The lowest BCUT2D eigenvalue weighted by molar-refractivity contribution is -0.397. The van der Waals surface area contributed by atoms with Crippen molar-refractivity contribution in [2.45, 2.75) is 98.9 Å². The van der Waals surface area contributed by atoms with Crippen molar-refractivity contribution in [3.8, 4) is 0 Å². The van der Waals surface area contributed by atoms with E-state index in [0.717, 1.165) is 0 Å². The van der Waals surface area contributed by atoms with Crippen LogP contribution in [0.4, 0.5) is 0 Å². The molecule has 0 aliphatic carbocycles. The summed E-state index contributed by atoms with van der Waals surface area (Å²) in [6, 6.07) is 0. The number of carboxylic acids is 1. The molecule has 0 amide bonds. The molecule has 0 atom stereocenters. The summed E-state index contributed by atoms with van der Waals surface area (Å²) in [7, 11) is 0. The third-order valence-corrected chi connectivity index (χ3v) is 2.83. The normalized spacial score (nSPS) is 12.4. The molecule has 0 rings (SSSR count). The number of carbonyl (C=O) groups is 2. The molecule has 0 spiro atoms. The molecule has 25 heavy (non-hydrogen) atoms. The molecule has 1 N–H and O–H groups in total. The van der Waals surface area contributed by atoms with Crippen molar-refractivity contribution in [3.63, 3.8) is 0 Å². The maximum atomic E-state index is 11.0. The fourth-order valence-corrected chi connectivity index (χ4v) is 1.17. The van der Waals surface area contributed by atoms with Crippen molar-refractivity contribution in [2.24, 2.45) is 5.92 Å². The Bertz CT molecular complexity index is 399. The molecular formula is C18H36O7. The van der Waals surface area contributed by atoms with Gasteiger partial charge in [0, 0.05) is 0 Å². The first-order valence-electron chi connectivity index (χ1n) is 8.60. The average Bonchev–Trinajstić information content (AvgIpc) is 2.44. The highest BCUT2D eigenvalue weighted by atomic mass is 17.2. The van der Waals surface area contributed by atoms with Crippen LogP contribution in [0.25, 0.3) is 0 Å². The van der Waals surface area contributed by atoms with Gasteiger partial charge >= 0.3 is 11.9 Å². The topological polar surface area (TPSA) is 91.3 Å². The van der Waals surface area contributed by atoms with Gasteiger partial charge in [0.25, 0.3) is 0 Å². The van der Waals surface area contributed by atoms with Crippen LogP contribution in [0, 0.1) is 5.92 Å². The van der Waals surface area contributed by atoms with E-state index < -0.39 is 22.8 Å². The quantitative estimate of drug-likeness (QED) is 0.532. The molecule has 0 bridgehead atoms. The number of hydrogen-bond acceptors (Lipinski definition) is 6. The largest absolute Gasteiger partial charge is 0.479 e. The molecule has 0 aliphatic rings. The van der Waals surface area contributed by atoms with E-state index in [9.17, 15) is 9.59 Å². The van der Waals surface area contributed by atoms with Crippen LogP contribution < -0.4 is 0 Å². The number of carboxylic acid groups (broad SMARTS) is 1. The Morgan fingerprint density at radius 2 is 1.24 bits per heavy atom. The van der Waals surface area contributed by atoms with Crippen LogP contribution in [0.2, 0.25) is 0 Å². The lowest BCUT2D eigenvalue weighted by Crippen LogP contribution is -2.42. The van der Waals surface area contributed by atoms with Crippen LogP contribution >= 0.6 is 0 Å². The minimum atomic E-state index is -1.21. The summed E-state index contributed by atoms with van der Waals surface area (Å²) in [6.07, 6.45) is 0.768. The van der Waals surface area contributed by atoms with Gasteiger partial charge in [0.15, 0.2) is 5.60 Å². The van der Waals surface area contributed by atoms with E-state index in [2.05, 4.69) is 4.89 Å². The molecule has 0 heterocycles. The van der Waals surface area contributed by atoms with Crippen molar-refractivity contribution < 1.29 is 34.2 Å². The second kappa shape index (κ2) is 10.7. The predicted octanol–water partition coefficient (Wildman–Crippen LogP) is 4.29. The van der Waals surface area contributed by atoms with Crippen molar-refractivity contribution >= 4 is 11.9 Å². The molecule has 0 aromatic rings. The van der Waals surface area contributed by atoms with Crippen LogP contribution in [0.1, 0.15) is 82.1 Å². The standard InChI is InChI=1S/C10H20O4.C8H16O3/c1-6-10(7-2,8(11)12)14-13-9(3,4)5;1-6(2)7(9)10-11-8(3,4)5/h6-7H2,1-5H3,(H,11,12);6H,1-5H3. The fraction of sp³-hybridized carbons (Fsp3) is 0.889. The zero-order chi connectivity index (χ0) is 20.5. The third kappa shape index (κ3) is 12.8.